The number of carbonyl (C=O) groups is 1. The predicted octanol–water partition coefficient (Wildman–Crippen LogP) is 7.23. The molecule has 1 aromatic heterocycles. The molecular weight excluding hydrogens is 719 g/mol. The van der Waals surface area contributed by atoms with Crippen molar-refractivity contribution in [3.8, 4) is 0 Å². The second-order valence-electron chi connectivity index (χ2n) is 16.4. The van der Waals surface area contributed by atoms with Gasteiger partial charge in [-0.1, -0.05) is 25.3 Å². The zero-order chi connectivity index (χ0) is 38.3. The van der Waals surface area contributed by atoms with Crippen molar-refractivity contribution < 1.29 is 17.9 Å². The molecule has 298 valence electrons. The fourth-order valence-corrected chi connectivity index (χ4v) is 10.8. The Morgan fingerprint density at radius 3 is 2.06 bits per heavy atom. The third kappa shape index (κ3) is 10.7. The van der Waals surface area contributed by atoms with Crippen LogP contribution >= 0.6 is 11.9 Å². The van der Waals surface area contributed by atoms with Crippen LogP contribution in [0.25, 0.3) is 10.9 Å². The molecule has 0 bridgehead atoms. The largest absolute Gasteiger partial charge is 0.443 e. The van der Waals surface area contributed by atoms with Gasteiger partial charge in [0.05, 0.1) is 5.52 Å². The van der Waals surface area contributed by atoms with E-state index in [-0.39, 0.29) is 0 Å². The molecule has 0 radical (unpaired) electrons. The Bertz CT molecular complexity index is 1760. The van der Waals surface area contributed by atoms with E-state index in [1.807, 2.05) is 39.0 Å². The van der Waals surface area contributed by atoms with E-state index >= 15 is 0 Å². The standard InChI is InChI=1S/C41H63N7O4S2/c1-41(2,3)52-40(49)48-28-21-37-38(15-9-16-39(37)48)44-29-31-47(32-30-44)54(50,51)46-26-11-23-43(33-34-13-7-6-8-14-34)22-10-24-45(25-12-27-46)53-36-19-17-35(18-20-36)42(4)5/h9,15-21,28,34H,6-8,10-14,22-27,29-33H2,1-5H3. The maximum Gasteiger partial charge on any atom is 0.418 e. The van der Waals surface area contributed by atoms with Gasteiger partial charge in [0.25, 0.3) is 10.2 Å². The molecule has 0 atom stereocenters. The van der Waals surface area contributed by atoms with Gasteiger partial charge < -0.3 is 19.4 Å². The van der Waals surface area contributed by atoms with Crippen LogP contribution in [0.5, 0.6) is 0 Å². The highest BCUT2D eigenvalue weighted by atomic mass is 32.2. The van der Waals surface area contributed by atoms with Crippen LogP contribution in [0.15, 0.2) is 59.6 Å². The quantitative estimate of drug-likeness (QED) is 0.220. The van der Waals surface area contributed by atoms with Crippen molar-refractivity contribution in [2.24, 2.45) is 5.92 Å². The first-order valence-electron chi connectivity index (χ1n) is 20.1. The minimum atomic E-state index is -3.65. The highest BCUT2D eigenvalue weighted by Crippen LogP contribution is 2.31. The van der Waals surface area contributed by atoms with E-state index in [1.54, 1.807) is 31.3 Å². The van der Waals surface area contributed by atoms with Crippen molar-refractivity contribution in [2.75, 3.05) is 95.9 Å². The first kappa shape index (κ1) is 40.8. The fourth-order valence-electron chi connectivity index (χ4n) is 8.11. The van der Waals surface area contributed by atoms with Crippen molar-refractivity contribution in [1.82, 2.24) is 22.4 Å². The molecule has 0 N–H and O–H groups in total. The lowest BCUT2D eigenvalue weighted by atomic mass is 9.89. The molecule has 0 spiro atoms. The van der Waals surface area contributed by atoms with E-state index < -0.39 is 21.9 Å². The average molecular weight is 782 g/mol. The highest BCUT2D eigenvalue weighted by molar-refractivity contribution is 7.97. The summed E-state index contributed by atoms with van der Waals surface area (Å²) >= 11 is 1.80. The van der Waals surface area contributed by atoms with E-state index in [0.717, 1.165) is 74.5 Å². The zero-order valence-electron chi connectivity index (χ0n) is 33.3. The van der Waals surface area contributed by atoms with Gasteiger partial charge in [-0.05, 0) is 126 Å². The molecule has 0 amide bonds. The van der Waals surface area contributed by atoms with Gasteiger partial charge in [-0.2, -0.15) is 17.0 Å². The van der Waals surface area contributed by atoms with E-state index in [9.17, 15) is 13.2 Å². The van der Waals surface area contributed by atoms with Gasteiger partial charge in [0.15, 0.2) is 0 Å². The maximum atomic E-state index is 14.4. The second kappa shape index (κ2) is 18.4. The average Bonchev–Trinajstić information content (AvgIpc) is 3.58. The SMILES string of the molecule is CN(C)c1ccc(SN2CCCN(CC3CCCCC3)CCCN(S(=O)(=O)N3CCN(c4cccc5c4ccn5C(=O)OC(C)(C)C)CC3)CCC2)cc1. The summed E-state index contributed by atoms with van der Waals surface area (Å²) in [6, 6.07) is 16.6. The van der Waals surface area contributed by atoms with Crippen molar-refractivity contribution in [1.29, 1.82) is 0 Å². The van der Waals surface area contributed by atoms with E-state index in [2.05, 4.69) is 63.4 Å². The summed E-state index contributed by atoms with van der Waals surface area (Å²) < 4.78 is 41.9. The van der Waals surface area contributed by atoms with E-state index in [0.29, 0.717) is 39.3 Å². The number of hydrogen-bond acceptors (Lipinski definition) is 9. The van der Waals surface area contributed by atoms with E-state index in [4.69, 9.17) is 4.74 Å². The third-order valence-corrected chi connectivity index (χ3v) is 14.1. The second-order valence-corrected chi connectivity index (χ2v) is 19.5. The number of aromatic nitrogens is 1. The van der Waals surface area contributed by atoms with Gasteiger partial charge in [-0.15, -0.1) is 0 Å². The Labute approximate surface area is 328 Å². The van der Waals surface area contributed by atoms with Crippen LogP contribution < -0.4 is 9.80 Å². The van der Waals surface area contributed by atoms with Gasteiger partial charge in [0, 0.05) is 101 Å². The first-order valence-corrected chi connectivity index (χ1v) is 22.3. The molecule has 2 aromatic carbocycles. The predicted molar refractivity (Wildman–Crippen MR) is 223 cm³/mol. The van der Waals surface area contributed by atoms with Gasteiger partial charge in [-0.25, -0.2) is 9.10 Å². The molecule has 13 heteroatoms. The molecular formula is C41H63N7O4S2. The molecule has 1 saturated carbocycles. The van der Waals surface area contributed by atoms with Gasteiger partial charge in [0.1, 0.15) is 5.60 Å². The molecule has 0 unspecified atom stereocenters. The maximum absolute atomic E-state index is 14.4. The van der Waals surface area contributed by atoms with E-state index in [1.165, 1.54) is 42.7 Å². The lowest BCUT2D eigenvalue weighted by Crippen LogP contribution is -2.53. The Kier molecular flexibility index (Phi) is 13.9. The summed E-state index contributed by atoms with van der Waals surface area (Å²) in [7, 11) is 0.469. The van der Waals surface area contributed by atoms with Gasteiger partial charge >= 0.3 is 6.09 Å². The minimum absolute atomic E-state index is 0.408. The molecule has 6 rings (SSSR count). The smallest absolute Gasteiger partial charge is 0.418 e. The number of carbonyl (C=O) groups excluding carboxylic acids is 1. The number of anilines is 2. The number of ether oxygens (including phenoxy) is 1. The lowest BCUT2D eigenvalue weighted by Gasteiger charge is -2.38. The molecule has 3 fully saturated rings. The molecule has 2 saturated heterocycles. The number of benzene rings is 2. The van der Waals surface area contributed by atoms with Crippen LogP contribution in [0.2, 0.25) is 0 Å². The lowest BCUT2D eigenvalue weighted by molar-refractivity contribution is 0.0544. The number of nitrogens with zero attached hydrogens (tertiary/aromatic N) is 7. The highest BCUT2D eigenvalue weighted by Gasteiger charge is 2.33. The summed E-state index contributed by atoms with van der Waals surface area (Å²) in [5.74, 6) is 0.755. The third-order valence-electron chi connectivity index (χ3n) is 10.9. The van der Waals surface area contributed by atoms with Crippen molar-refractivity contribution in [3.63, 3.8) is 0 Å². The number of rotatable bonds is 8. The van der Waals surface area contributed by atoms with Gasteiger partial charge in [-0.3, -0.25) is 4.57 Å². The van der Waals surface area contributed by atoms with Crippen molar-refractivity contribution >= 4 is 50.5 Å². The summed E-state index contributed by atoms with van der Waals surface area (Å²) in [5, 5.41) is 0.955. The van der Waals surface area contributed by atoms with Crippen LogP contribution in [-0.4, -0.2) is 129 Å². The summed E-state index contributed by atoms with van der Waals surface area (Å²) in [4.78, 5) is 21.1. The molecule has 2 aliphatic heterocycles. The molecule has 3 aromatic rings. The first-order chi connectivity index (χ1) is 25.9. The molecule has 11 nitrogen and oxygen atoms in total. The fraction of sp³-hybridized carbons (Fsp3) is 0.634. The normalized spacial score (nSPS) is 20.4. The minimum Gasteiger partial charge on any atom is -0.443 e. The Hall–Kier alpha value is -2.81. The summed E-state index contributed by atoms with van der Waals surface area (Å²) in [6.07, 6.45) is 10.8. The monoisotopic (exact) mass is 781 g/mol. The number of fused-ring (bicyclic) bond motifs is 1. The molecule has 1 aliphatic carbocycles. The summed E-state index contributed by atoms with van der Waals surface area (Å²) in [6.45, 7) is 13.6. The van der Waals surface area contributed by atoms with Crippen LogP contribution in [0.4, 0.5) is 16.2 Å². The van der Waals surface area contributed by atoms with Crippen LogP contribution in [0.3, 0.4) is 0 Å². The van der Waals surface area contributed by atoms with Crippen LogP contribution in [-0.2, 0) is 14.9 Å². The molecule has 3 heterocycles. The summed E-state index contributed by atoms with van der Waals surface area (Å²) in [5.41, 5.74) is 2.38. The van der Waals surface area contributed by atoms with Crippen molar-refractivity contribution in [2.45, 2.75) is 82.6 Å². The van der Waals surface area contributed by atoms with Crippen LogP contribution in [0, 0.1) is 5.92 Å². The Morgan fingerprint density at radius 1 is 0.778 bits per heavy atom. The Balaban J connectivity index is 1.13. The number of hydrogen-bond donors (Lipinski definition) is 0. The Morgan fingerprint density at radius 2 is 1.41 bits per heavy atom. The molecule has 54 heavy (non-hydrogen) atoms. The van der Waals surface area contributed by atoms with Gasteiger partial charge in [0.2, 0.25) is 0 Å². The van der Waals surface area contributed by atoms with Crippen molar-refractivity contribution in [3.05, 3.63) is 54.7 Å². The van der Waals surface area contributed by atoms with Crippen LogP contribution in [0.1, 0.15) is 72.1 Å². The molecule has 3 aliphatic rings. The number of piperazine rings is 1. The zero-order valence-corrected chi connectivity index (χ0v) is 34.9. The topological polar surface area (TPSA) is 84.8 Å².